The summed E-state index contributed by atoms with van der Waals surface area (Å²) < 4.78 is 2.63. The Kier molecular flexibility index (Phi) is 2.57. The number of hydrogen-bond acceptors (Lipinski definition) is 1. The summed E-state index contributed by atoms with van der Waals surface area (Å²) in [6.45, 7) is 0. The summed E-state index contributed by atoms with van der Waals surface area (Å²) in [6, 6.07) is 0. The number of rotatable bonds is 1. The van der Waals surface area contributed by atoms with E-state index in [1.165, 1.54) is 0 Å². The second-order valence-electron chi connectivity index (χ2n) is 1.92. The molecular formula is C5H6ClInO. The molecule has 0 amide bonds. The van der Waals surface area contributed by atoms with Crippen molar-refractivity contribution in [2.24, 2.45) is 0 Å². The number of carbonyl (C=O) groups excluding carboxylic acids is 1. The Balaban J connectivity index is 2.48. The average molecular weight is 232 g/mol. The molecule has 0 bridgehead atoms. The quantitative estimate of drug-likeness (QED) is 0.612. The van der Waals surface area contributed by atoms with Crippen LogP contribution in [-0.4, -0.2) is 31.4 Å². The molecule has 0 saturated carbocycles. The van der Waals surface area contributed by atoms with Crippen molar-refractivity contribution < 1.29 is 4.79 Å². The fourth-order valence-electron chi connectivity index (χ4n) is 0.822. The molecule has 0 aromatic carbocycles. The molecule has 0 saturated heterocycles. The second-order valence-corrected chi connectivity index (χ2v) is 7.03. The van der Waals surface area contributed by atoms with Crippen LogP contribution >= 0.6 is 11.6 Å². The first-order chi connectivity index (χ1) is 3.80. The van der Waals surface area contributed by atoms with Crippen molar-refractivity contribution in [1.82, 2.24) is 0 Å². The molecular weight excluding hydrogens is 226 g/mol. The molecule has 0 radical (unpaired) electrons. The van der Waals surface area contributed by atoms with Gasteiger partial charge in [0.2, 0.25) is 0 Å². The minimum atomic E-state index is -0.597. The van der Waals surface area contributed by atoms with Crippen LogP contribution in [0.5, 0.6) is 0 Å². The van der Waals surface area contributed by atoms with E-state index in [4.69, 9.17) is 11.6 Å². The molecule has 1 unspecified atom stereocenters. The zero-order chi connectivity index (χ0) is 5.98. The molecule has 0 fully saturated rings. The molecule has 0 aromatic rings. The fourth-order valence-corrected chi connectivity index (χ4v) is 4.99. The number of halogens is 1. The zero-order valence-corrected chi connectivity index (χ0v) is 8.48. The van der Waals surface area contributed by atoms with Gasteiger partial charge in [-0.3, -0.25) is 0 Å². The van der Waals surface area contributed by atoms with Crippen LogP contribution in [0.3, 0.4) is 0 Å². The summed E-state index contributed by atoms with van der Waals surface area (Å²) in [5, 5.41) is -0.0834. The number of hydrogen-bond donors (Lipinski definition) is 0. The van der Waals surface area contributed by atoms with Crippen molar-refractivity contribution >= 4 is 43.0 Å². The molecule has 0 aliphatic carbocycles. The summed E-state index contributed by atoms with van der Waals surface area (Å²) in [5.74, 6) is 0. The van der Waals surface area contributed by atoms with Gasteiger partial charge in [0.1, 0.15) is 0 Å². The molecule has 0 spiro atoms. The van der Waals surface area contributed by atoms with E-state index in [-0.39, 0.29) is 5.24 Å². The van der Waals surface area contributed by atoms with Crippen molar-refractivity contribution in [3.05, 3.63) is 0 Å². The normalized spacial score (nSPS) is 25.4. The summed E-state index contributed by atoms with van der Waals surface area (Å²) in [4.78, 5) is 10.4. The van der Waals surface area contributed by atoms with E-state index < -0.39 is 22.4 Å². The Morgan fingerprint density at radius 3 is 2.88 bits per heavy atom. The minimum absolute atomic E-state index is 0.0834. The Hall–Kier alpha value is 0.700. The Morgan fingerprint density at radius 1 is 1.88 bits per heavy atom. The standard InChI is InChI=1S/C5H6ClO.In/c1-2-3-4-5(6)7;/h1,4H,2-3H2;. The van der Waals surface area contributed by atoms with Crippen molar-refractivity contribution in [3.63, 3.8) is 0 Å². The summed E-state index contributed by atoms with van der Waals surface area (Å²) in [7, 11) is 0. The third-order valence-corrected chi connectivity index (χ3v) is 7.06. The molecule has 0 aromatic heterocycles. The molecule has 0 N–H and O–H groups in total. The van der Waals surface area contributed by atoms with Crippen LogP contribution in [0.4, 0.5) is 0 Å². The van der Waals surface area contributed by atoms with Gasteiger partial charge in [-0.05, 0) is 0 Å². The SMILES string of the molecule is O=C(Cl)[CH]1CC[CH]=[In]1. The zero-order valence-electron chi connectivity index (χ0n) is 4.43. The van der Waals surface area contributed by atoms with Gasteiger partial charge in [0.05, 0.1) is 0 Å². The van der Waals surface area contributed by atoms with Crippen LogP contribution in [-0.2, 0) is 4.79 Å². The predicted molar refractivity (Wildman–Crippen MR) is 35.7 cm³/mol. The van der Waals surface area contributed by atoms with Gasteiger partial charge in [-0.15, -0.1) is 0 Å². The van der Waals surface area contributed by atoms with Crippen molar-refractivity contribution in [3.8, 4) is 0 Å². The van der Waals surface area contributed by atoms with E-state index in [2.05, 4.69) is 3.76 Å². The third kappa shape index (κ3) is 1.59. The molecule has 8 heavy (non-hydrogen) atoms. The monoisotopic (exact) mass is 232 g/mol. The van der Waals surface area contributed by atoms with E-state index in [9.17, 15) is 4.79 Å². The molecule has 1 aliphatic rings. The van der Waals surface area contributed by atoms with Crippen molar-refractivity contribution in [2.75, 3.05) is 0 Å². The Bertz CT molecular complexity index is 132. The van der Waals surface area contributed by atoms with Gasteiger partial charge in [-0.1, -0.05) is 0 Å². The van der Waals surface area contributed by atoms with E-state index in [0.29, 0.717) is 3.67 Å². The topological polar surface area (TPSA) is 17.1 Å². The van der Waals surface area contributed by atoms with Gasteiger partial charge < -0.3 is 0 Å². The predicted octanol–water partition coefficient (Wildman–Crippen LogP) is 0.840. The van der Waals surface area contributed by atoms with Crippen LogP contribution in [0.1, 0.15) is 12.8 Å². The fraction of sp³-hybridized carbons (Fsp3) is 0.600. The van der Waals surface area contributed by atoms with Gasteiger partial charge in [0, 0.05) is 0 Å². The van der Waals surface area contributed by atoms with Crippen LogP contribution in [0.2, 0.25) is 3.67 Å². The second kappa shape index (κ2) is 3.02. The maximum atomic E-state index is 10.4. The molecule has 1 heterocycles. The first-order valence-electron chi connectivity index (χ1n) is 2.66. The molecule has 42 valence electrons. The molecule has 1 nitrogen and oxygen atoms in total. The van der Waals surface area contributed by atoms with E-state index in [1.54, 1.807) is 0 Å². The van der Waals surface area contributed by atoms with E-state index in [1.807, 2.05) is 0 Å². The third-order valence-electron chi connectivity index (χ3n) is 1.30. The van der Waals surface area contributed by atoms with Crippen LogP contribution in [0, 0.1) is 0 Å². The first kappa shape index (κ1) is 6.82. The summed E-state index contributed by atoms with van der Waals surface area (Å²) in [5.41, 5.74) is 0. The first-order valence-corrected chi connectivity index (χ1v) is 6.85. The van der Waals surface area contributed by atoms with Gasteiger partial charge >= 0.3 is 64.3 Å². The van der Waals surface area contributed by atoms with Gasteiger partial charge in [0.25, 0.3) is 0 Å². The van der Waals surface area contributed by atoms with E-state index in [0.717, 1.165) is 12.8 Å². The molecule has 1 aliphatic heterocycles. The maximum absolute atomic E-state index is 10.4. The van der Waals surface area contributed by atoms with Crippen LogP contribution in [0.25, 0.3) is 0 Å². The van der Waals surface area contributed by atoms with Crippen molar-refractivity contribution in [2.45, 2.75) is 16.5 Å². The Labute approximate surface area is 64.2 Å². The van der Waals surface area contributed by atoms with Crippen LogP contribution in [0.15, 0.2) is 0 Å². The van der Waals surface area contributed by atoms with Gasteiger partial charge in [0.15, 0.2) is 0 Å². The summed E-state index contributed by atoms with van der Waals surface area (Å²) in [6.07, 6.45) is 2.19. The van der Waals surface area contributed by atoms with E-state index >= 15 is 0 Å². The number of carbonyl (C=O) groups is 1. The van der Waals surface area contributed by atoms with Crippen LogP contribution < -0.4 is 0 Å². The molecule has 1 rings (SSSR count). The summed E-state index contributed by atoms with van der Waals surface area (Å²) >= 11 is 4.68. The average Bonchev–Trinajstić information content (AvgIpc) is 2.12. The molecule has 3 heteroatoms. The Morgan fingerprint density at radius 2 is 2.62 bits per heavy atom. The van der Waals surface area contributed by atoms with Gasteiger partial charge in [-0.2, -0.15) is 0 Å². The van der Waals surface area contributed by atoms with Crippen molar-refractivity contribution in [1.29, 1.82) is 0 Å². The van der Waals surface area contributed by atoms with Gasteiger partial charge in [-0.25, -0.2) is 0 Å². The molecule has 1 atom stereocenters.